The van der Waals surface area contributed by atoms with Gasteiger partial charge in [-0.25, -0.2) is 19.1 Å². The Morgan fingerprint density at radius 1 is 0.971 bits per heavy atom. The topological polar surface area (TPSA) is 76.2 Å². The Labute approximate surface area is 201 Å². The van der Waals surface area contributed by atoms with Gasteiger partial charge in [0.25, 0.3) is 5.91 Å². The maximum absolute atomic E-state index is 13.7. The zero-order valence-electron chi connectivity index (χ0n) is 19.2. The van der Waals surface area contributed by atoms with Crippen molar-refractivity contribution in [1.29, 1.82) is 0 Å². The van der Waals surface area contributed by atoms with E-state index < -0.39 is 41.7 Å². The number of para-hydroxylation sites is 1. The van der Waals surface area contributed by atoms with Gasteiger partial charge in [-0.1, -0.05) is 30.3 Å². The number of fused-ring (bicyclic) bond motifs is 1. The molecule has 5 rings (SSSR count). The third-order valence-electron chi connectivity index (χ3n) is 6.32. The number of rotatable bonds is 5. The largest absolute Gasteiger partial charge is 0.462 e. The third kappa shape index (κ3) is 3.85. The van der Waals surface area contributed by atoms with Crippen molar-refractivity contribution >= 4 is 29.2 Å². The summed E-state index contributed by atoms with van der Waals surface area (Å²) in [6, 6.07) is 18.8. The van der Waals surface area contributed by atoms with Crippen LogP contribution in [0.15, 0.2) is 72.8 Å². The quantitative estimate of drug-likeness (QED) is 0.404. The van der Waals surface area contributed by atoms with Gasteiger partial charge in [0.1, 0.15) is 11.7 Å². The molecule has 3 aromatic rings. The van der Waals surface area contributed by atoms with E-state index in [1.165, 1.54) is 36.4 Å². The van der Waals surface area contributed by atoms with Crippen LogP contribution in [0.25, 0.3) is 0 Å². The van der Waals surface area contributed by atoms with Crippen molar-refractivity contribution in [1.82, 2.24) is 0 Å². The molecule has 3 aromatic carbocycles. The van der Waals surface area contributed by atoms with Crippen LogP contribution in [0.3, 0.4) is 0 Å². The highest BCUT2D eigenvalue weighted by Gasteiger charge is 2.60. The fraction of sp³-hybridized carbons (Fsp3) is 0.222. The number of halogens is 1. The summed E-state index contributed by atoms with van der Waals surface area (Å²) in [5.41, 5.74) is 2.95. The molecule has 2 aliphatic heterocycles. The van der Waals surface area contributed by atoms with E-state index in [0.29, 0.717) is 16.8 Å². The van der Waals surface area contributed by atoms with Crippen LogP contribution in [0.2, 0.25) is 0 Å². The molecule has 3 atom stereocenters. The number of hydrogen-bond donors (Lipinski definition) is 0. The van der Waals surface area contributed by atoms with E-state index >= 15 is 0 Å². The Balaban J connectivity index is 1.52. The number of ether oxygens (including phenoxy) is 1. The Hall–Kier alpha value is -4.04. The van der Waals surface area contributed by atoms with Gasteiger partial charge < -0.3 is 4.74 Å². The first-order valence-corrected chi connectivity index (χ1v) is 11.3. The summed E-state index contributed by atoms with van der Waals surface area (Å²) in [7, 11) is 0. The SMILES string of the molecule is CCOC(=O)c1ccc(N2C(=O)[C@H]3[C@@H](ON(c4ccccc4C)[C@H]3c3ccc(F)cc3)C2=O)cc1. The first-order chi connectivity index (χ1) is 16.9. The van der Waals surface area contributed by atoms with E-state index in [4.69, 9.17) is 9.57 Å². The summed E-state index contributed by atoms with van der Waals surface area (Å²) < 4.78 is 18.7. The molecular formula is C27H23FN2O5. The second-order valence-electron chi connectivity index (χ2n) is 8.44. The standard InChI is InChI=1S/C27H23FN2O5/c1-3-34-27(33)18-10-14-20(15-11-18)29-25(31)22-23(17-8-12-19(28)13-9-17)30(35-24(22)26(29)32)21-7-5-4-6-16(21)2/h4-15,22-24H,3H2,1-2H3/t22-,23+,24-/m1/s1. The monoisotopic (exact) mass is 474 g/mol. The van der Waals surface area contributed by atoms with Crippen molar-refractivity contribution in [2.24, 2.45) is 5.92 Å². The number of nitrogens with zero attached hydrogens (tertiary/aromatic N) is 2. The summed E-state index contributed by atoms with van der Waals surface area (Å²) in [5, 5.41) is 1.59. The average molecular weight is 474 g/mol. The molecule has 0 saturated carbocycles. The number of benzene rings is 3. The van der Waals surface area contributed by atoms with Crippen molar-refractivity contribution in [3.8, 4) is 0 Å². The highest BCUT2D eigenvalue weighted by atomic mass is 19.1. The highest BCUT2D eigenvalue weighted by Crippen LogP contribution is 2.48. The Morgan fingerprint density at radius 2 is 1.66 bits per heavy atom. The predicted octanol–water partition coefficient (Wildman–Crippen LogP) is 4.36. The first-order valence-electron chi connectivity index (χ1n) is 11.3. The minimum atomic E-state index is -1.04. The maximum Gasteiger partial charge on any atom is 0.338 e. The molecule has 7 nitrogen and oxygen atoms in total. The number of imide groups is 1. The van der Waals surface area contributed by atoms with Gasteiger partial charge in [-0.3, -0.25) is 14.4 Å². The summed E-state index contributed by atoms with van der Waals surface area (Å²) in [6.45, 7) is 3.87. The minimum absolute atomic E-state index is 0.243. The number of hydrogen-bond acceptors (Lipinski definition) is 6. The van der Waals surface area contributed by atoms with Crippen LogP contribution in [-0.2, 0) is 19.2 Å². The lowest BCUT2D eigenvalue weighted by Crippen LogP contribution is -2.37. The molecule has 0 aliphatic carbocycles. The molecule has 0 N–H and O–H groups in total. The van der Waals surface area contributed by atoms with Crippen LogP contribution in [-0.4, -0.2) is 30.5 Å². The van der Waals surface area contributed by atoms with E-state index in [1.54, 1.807) is 24.1 Å². The number of hydroxylamine groups is 1. The number of amides is 2. The molecule has 2 heterocycles. The van der Waals surface area contributed by atoms with Crippen LogP contribution in [0.4, 0.5) is 15.8 Å². The zero-order chi connectivity index (χ0) is 24.7. The summed E-state index contributed by atoms with van der Waals surface area (Å²) in [4.78, 5) is 46.3. The van der Waals surface area contributed by atoms with Gasteiger partial charge in [0.05, 0.1) is 29.6 Å². The molecule has 35 heavy (non-hydrogen) atoms. The molecular weight excluding hydrogens is 451 g/mol. The van der Waals surface area contributed by atoms with Gasteiger partial charge in [0.2, 0.25) is 5.91 Å². The van der Waals surface area contributed by atoms with Gasteiger partial charge in [0.15, 0.2) is 6.10 Å². The van der Waals surface area contributed by atoms with Crippen molar-refractivity contribution in [2.75, 3.05) is 16.6 Å². The molecule has 0 radical (unpaired) electrons. The molecule has 0 bridgehead atoms. The summed E-state index contributed by atoms with van der Waals surface area (Å²) in [6.07, 6.45) is -1.04. The van der Waals surface area contributed by atoms with Crippen LogP contribution in [0.1, 0.15) is 34.5 Å². The van der Waals surface area contributed by atoms with Crippen molar-refractivity contribution < 1.29 is 28.3 Å². The van der Waals surface area contributed by atoms with E-state index in [0.717, 1.165) is 16.2 Å². The van der Waals surface area contributed by atoms with E-state index in [2.05, 4.69) is 0 Å². The first kappa shape index (κ1) is 22.7. The van der Waals surface area contributed by atoms with Crippen LogP contribution < -0.4 is 9.96 Å². The molecule has 0 aromatic heterocycles. The van der Waals surface area contributed by atoms with Gasteiger partial charge in [-0.2, -0.15) is 0 Å². The number of carbonyl (C=O) groups is 3. The second kappa shape index (κ2) is 8.96. The van der Waals surface area contributed by atoms with Crippen LogP contribution >= 0.6 is 0 Å². The molecule has 178 valence electrons. The number of esters is 1. The van der Waals surface area contributed by atoms with E-state index in [-0.39, 0.29) is 6.61 Å². The molecule has 2 saturated heterocycles. The smallest absolute Gasteiger partial charge is 0.338 e. The van der Waals surface area contributed by atoms with Gasteiger partial charge >= 0.3 is 5.97 Å². The predicted molar refractivity (Wildman–Crippen MR) is 126 cm³/mol. The fourth-order valence-corrected chi connectivity index (χ4v) is 4.65. The van der Waals surface area contributed by atoms with Gasteiger partial charge in [-0.05, 0) is 67.4 Å². The summed E-state index contributed by atoms with van der Waals surface area (Å²) >= 11 is 0. The number of anilines is 2. The second-order valence-corrected chi connectivity index (χ2v) is 8.44. The lowest BCUT2D eigenvalue weighted by Gasteiger charge is -2.29. The van der Waals surface area contributed by atoms with Crippen molar-refractivity contribution in [2.45, 2.75) is 26.0 Å². The molecule has 2 aliphatic rings. The highest BCUT2D eigenvalue weighted by molar-refractivity contribution is 6.24. The molecule has 8 heteroatoms. The lowest BCUT2D eigenvalue weighted by atomic mass is 9.90. The third-order valence-corrected chi connectivity index (χ3v) is 6.32. The van der Waals surface area contributed by atoms with Crippen molar-refractivity contribution in [3.05, 3.63) is 95.3 Å². The minimum Gasteiger partial charge on any atom is -0.462 e. The molecule has 2 fully saturated rings. The van der Waals surface area contributed by atoms with Gasteiger partial charge in [0, 0.05) is 0 Å². The van der Waals surface area contributed by atoms with E-state index in [9.17, 15) is 18.8 Å². The average Bonchev–Trinajstić information content (AvgIpc) is 3.36. The van der Waals surface area contributed by atoms with Crippen LogP contribution in [0, 0.1) is 18.7 Å². The molecule has 0 unspecified atom stereocenters. The maximum atomic E-state index is 13.7. The molecule has 2 amide bonds. The fourth-order valence-electron chi connectivity index (χ4n) is 4.65. The van der Waals surface area contributed by atoms with Crippen molar-refractivity contribution in [3.63, 3.8) is 0 Å². The van der Waals surface area contributed by atoms with Gasteiger partial charge in [-0.15, -0.1) is 0 Å². The Bertz CT molecular complexity index is 1290. The van der Waals surface area contributed by atoms with Crippen LogP contribution in [0.5, 0.6) is 0 Å². The summed E-state index contributed by atoms with van der Waals surface area (Å²) in [5.74, 6) is -2.63. The Kier molecular flexibility index (Phi) is 5.82. The Morgan fingerprint density at radius 3 is 2.31 bits per heavy atom. The molecule has 0 spiro atoms. The lowest BCUT2D eigenvalue weighted by molar-refractivity contribution is -0.126. The zero-order valence-corrected chi connectivity index (χ0v) is 19.2. The van der Waals surface area contributed by atoms with E-state index in [1.807, 2.05) is 31.2 Å². The number of aryl methyl sites for hydroxylation is 1. The normalized spacial score (nSPS) is 21.4. The number of carbonyl (C=O) groups excluding carboxylic acids is 3.